The zero-order valence-electron chi connectivity index (χ0n) is 16.8. The molecule has 0 bridgehead atoms. The van der Waals surface area contributed by atoms with Gasteiger partial charge < -0.3 is 14.2 Å². The van der Waals surface area contributed by atoms with Crippen LogP contribution in [-0.4, -0.2) is 22.9 Å². The third kappa shape index (κ3) is 4.17. The van der Waals surface area contributed by atoms with Gasteiger partial charge >= 0.3 is 0 Å². The molecule has 150 valence electrons. The molecule has 2 heterocycles. The summed E-state index contributed by atoms with van der Waals surface area (Å²) in [5.41, 5.74) is 3.36. The molecule has 1 atom stereocenters. The van der Waals surface area contributed by atoms with Crippen LogP contribution in [0.1, 0.15) is 40.7 Å². The number of para-hydroxylation sites is 1. The minimum Gasteiger partial charge on any atom is -0.489 e. The van der Waals surface area contributed by atoms with E-state index in [1.54, 1.807) is 0 Å². The first-order valence-corrected chi connectivity index (χ1v) is 10.6. The largest absolute Gasteiger partial charge is 0.489 e. The van der Waals surface area contributed by atoms with E-state index in [9.17, 15) is 4.79 Å². The van der Waals surface area contributed by atoms with Crippen LogP contribution in [0.5, 0.6) is 5.75 Å². The number of benzene rings is 2. The fourth-order valence-electron chi connectivity index (χ4n) is 3.44. The van der Waals surface area contributed by atoms with Crippen LogP contribution in [0.2, 0.25) is 0 Å². The lowest BCUT2D eigenvalue weighted by Crippen LogP contribution is -2.32. The number of hydrogen-bond donors (Lipinski definition) is 0. The molecule has 29 heavy (non-hydrogen) atoms. The molecule has 3 aromatic rings. The number of anilines is 1. The standard InChI is InChI=1S/C23H24N2O3S/c1-15-11-12-25(21-9-4-5-10-22(21)29-15)23(26)18-7-6-8-19(13-18)27-14-20-16(2)24-28-17(20)3/h4-10,13,15H,11-12,14H2,1-3H3/t15-/m1/s1. The molecular weight excluding hydrogens is 384 g/mol. The second kappa shape index (κ2) is 8.33. The number of aromatic nitrogens is 1. The Bertz CT molecular complexity index is 1010. The molecule has 1 amide bonds. The SMILES string of the molecule is Cc1noc(C)c1COc1cccc(C(=O)N2CC[C@@H](C)Sc3ccccc32)c1. The van der Waals surface area contributed by atoms with Crippen LogP contribution in [0, 0.1) is 13.8 Å². The van der Waals surface area contributed by atoms with Gasteiger partial charge in [0.25, 0.3) is 5.91 Å². The van der Waals surface area contributed by atoms with Gasteiger partial charge in [-0.25, -0.2) is 0 Å². The highest BCUT2D eigenvalue weighted by Crippen LogP contribution is 2.38. The Kier molecular flexibility index (Phi) is 5.62. The molecule has 0 spiro atoms. The van der Waals surface area contributed by atoms with Crippen molar-refractivity contribution in [2.75, 3.05) is 11.4 Å². The van der Waals surface area contributed by atoms with E-state index < -0.39 is 0 Å². The summed E-state index contributed by atoms with van der Waals surface area (Å²) in [5.74, 6) is 1.40. The summed E-state index contributed by atoms with van der Waals surface area (Å²) in [4.78, 5) is 16.4. The molecule has 2 aromatic carbocycles. The van der Waals surface area contributed by atoms with Crippen LogP contribution >= 0.6 is 11.8 Å². The summed E-state index contributed by atoms with van der Waals surface area (Å²) in [6.45, 7) is 7.03. The molecule has 0 saturated carbocycles. The van der Waals surface area contributed by atoms with E-state index in [2.05, 4.69) is 18.1 Å². The van der Waals surface area contributed by atoms with Gasteiger partial charge in [-0.1, -0.05) is 30.3 Å². The lowest BCUT2D eigenvalue weighted by atomic mass is 10.1. The van der Waals surface area contributed by atoms with E-state index in [1.807, 2.05) is 73.0 Å². The van der Waals surface area contributed by atoms with Gasteiger partial charge in [-0.3, -0.25) is 4.79 Å². The molecule has 1 aromatic heterocycles. The van der Waals surface area contributed by atoms with Gasteiger partial charge in [0.1, 0.15) is 18.1 Å². The topological polar surface area (TPSA) is 55.6 Å². The zero-order valence-corrected chi connectivity index (χ0v) is 17.7. The molecule has 0 radical (unpaired) electrons. The smallest absolute Gasteiger partial charge is 0.258 e. The Morgan fingerprint density at radius 1 is 1.24 bits per heavy atom. The lowest BCUT2D eigenvalue weighted by molar-refractivity contribution is 0.0986. The number of rotatable bonds is 4. The van der Waals surface area contributed by atoms with Crippen molar-refractivity contribution >= 4 is 23.4 Å². The van der Waals surface area contributed by atoms with Crippen molar-refractivity contribution in [2.24, 2.45) is 0 Å². The van der Waals surface area contributed by atoms with Crippen molar-refractivity contribution in [3.63, 3.8) is 0 Å². The second-order valence-electron chi connectivity index (χ2n) is 7.26. The van der Waals surface area contributed by atoms with Crippen molar-refractivity contribution < 1.29 is 14.1 Å². The van der Waals surface area contributed by atoms with Crippen LogP contribution in [-0.2, 0) is 6.61 Å². The maximum atomic E-state index is 13.4. The van der Waals surface area contributed by atoms with Crippen LogP contribution in [0.4, 0.5) is 5.69 Å². The average Bonchev–Trinajstić information content (AvgIpc) is 2.94. The van der Waals surface area contributed by atoms with Crippen LogP contribution < -0.4 is 9.64 Å². The van der Waals surface area contributed by atoms with E-state index >= 15 is 0 Å². The molecule has 0 fully saturated rings. The van der Waals surface area contributed by atoms with Crippen LogP contribution in [0.15, 0.2) is 57.9 Å². The summed E-state index contributed by atoms with van der Waals surface area (Å²) >= 11 is 1.83. The van der Waals surface area contributed by atoms with Crippen LogP contribution in [0.3, 0.4) is 0 Å². The number of carbonyl (C=O) groups is 1. The van der Waals surface area contributed by atoms with Gasteiger partial charge in [-0.15, -0.1) is 11.8 Å². The van der Waals surface area contributed by atoms with Gasteiger partial charge in [0, 0.05) is 22.3 Å². The maximum Gasteiger partial charge on any atom is 0.258 e. The average molecular weight is 409 g/mol. The first kappa shape index (κ1) is 19.6. The normalized spacial score (nSPS) is 16.2. The molecule has 6 heteroatoms. The number of fused-ring (bicyclic) bond motifs is 1. The molecule has 1 aliphatic heterocycles. The monoisotopic (exact) mass is 408 g/mol. The highest BCUT2D eigenvalue weighted by molar-refractivity contribution is 8.00. The van der Waals surface area contributed by atoms with E-state index in [4.69, 9.17) is 9.26 Å². The molecule has 0 saturated heterocycles. The summed E-state index contributed by atoms with van der Waals surface area (Å²) < 4.78 is 11.1. The Morgan fingerprint density at radius 2 is 2.07 bits per heavy atom. The lowest BCUT2D eigenvalue weighted by Gasteiger charge is -2.22. The number of hydrogen-bond acceptors (Lipinski definition) is 5. The van der Waals surface area contributed by atoms with Gasteiger partial charge in [0.05, 0.1) is 16.9 Å². The predicted octanol–water partition coefficient (Wildman–Crippen LogP) is 5.40. The predicted molar refractivity (Wildman–Crippen MR) is 115 cm³/mol. The number of ether oxygens (including phenoxy) is 1. The van der Waals surface area contributed by atoms with Crippen molar-refractivity contribution in [1.82, 2.24) is 5.16 Å². The molecule has 0 N–H and O–H groups in total. The highest BCUT2D eigenvalue weighted by atomic mass is 32.2. The summed E-state index contributed by atoms with van der Waals surface area (Å²) in [7, 11) is 0. The quantitative estimate of drug-likeness (QED) is 0.578. The van der Waals surface area contributed by atoms with Crippen molar-refractivity contribution in [2.45, 2.75) is 43.9 Å². The third-order valence-corrected chi connectivity index (χ3v) is 6.37. The van der Waals surface area contributed by atoms with Crippen LogP contribution in [0.25, 0.3) is 0 Å². The fourth-order valence-corrected chi connectivity index (χ4v) is 4.55. The minimum absolute atomic E-state index is 0.00469. The number of aryl methyl sites for hydroxylation is 2. The Morgan fingerprint density at radius 3 is 2.86 bits per heavy atom. The molecule has 4 rings (SSSR count). The molecule has 1 aliphatic rings. The number of carbonyl (C=O) groups excluding carboxylic acids is 1. The van der Waals surface area contributed by atoms with E-state index in [-0.39, 0.29) is 5.91 Å². The van der Waals surface area contributed by atoms with E-state index in [1.165, 1.54) is 0 Å². The highest BCUT2D eigenvalue weighted by Gasteiger charge is 2.25. The summed E-state index contributed by atoms with van der Waals surface area (Å²) in [6, 6.07) is 15.5. The summed E-state index contributed by atoms with van der Waals surface area (Å²) in [6.07, 6.45) is 0.952. The van der Waals surface area contributed by atoms with Gasteiger partial charge in [0.15, 0.2) is 0 Å². The van der Waals surface area contributed by atoms with Crippen molar-refractivity contribution in [3.8, 4) is 5.75 Å². The molecule has 5 nitrogen and oxygen atoms in total. The first-order valence-electron chi connectivity index (χ1n) is 9.75. The Hall–Kier alpha value is -2.73. The number of nitrogens with zero attached hydrogens (tertiary/aromatic N) is 2. The van der Waals surface area contributed by atoms with Crippen molar-refractivity contribution in [1.29, 1.82) is 0 Å². The van der Waals surface area contributed by atoms with Gasteiger partial charge in [-0.2, -0.15) is 0 Å². The first-order chi connectivity index (χ1) is 14.0. The van der Waals surface area contributed by atoms with Gasteiger partial charge in [0.2, 0.25) is 0 Å². The number of thioether (sulfide) groups is 1. The fraction of sp³-hybridized carbons (Fsp3) is 0.304. The van der Waals surface area contributed by atoms with Crippen molar-refractivity contribution in [3.05, 3.63) is 71.1 Å². The Labute approximate surface area is 175 Å². The van der Waals surface area contributed by atoms with E-state index in [0.717, 1.165) is 34.0 Å². The third-order valence-electron chi connectivity index (χ3n) is 5.13. The second-order valence-corrected chi connectivity index (χ2v) is 8.74. The molecular formula is C23H24N2O3S. The van der Waals surface area contributed by atoms with Gasteiger partial charge in [-0.05, 0) is 50.6 Å². The molecule has 0 unspecified atom stereocenters. The zero-order chi connectivity index (χ0) is 20.4. The van der Waals surface area contributed by atoms with E-state index in [0.29, 0.717) is 29.7 Å². The molecule has 0 aliphatic carbocycles. The minimum atomic E-state index is -0.00469. The number of amides is 1. The Balaban J connectivity index is 1.56. The maximum absolute atomic E-state index is 13.4. The summed E-state index contributed by atoms with van der Waals surface area (Å²) in [5, 5.41) is 4.42.